The average molecular weight is 203 g/mol. The number of hydrogen-bond donors (Lipinski definition) is 2. The number of aliphatic hydroxyl groups excluding tert-OH is 2. The van der Waals surface area contributed by atoms with Gasteiger partial charge in [0.15, 0.2) is 0 Å². The normalized spacial score (nSPS) is 13.6. The highest BCUT2D eigenvalue weighted by molar-refractivity contribution is 5.32. The van der Waals surface area contributed by atoms with Gasteiger partial charge in [-0.1, -0.05) is 6.07 Å². The summed E-state index contributed by atoms with van der Waals surface area (Å²) in [5, 5.41) is 36.1. The van der Waals surface area contributed by atoms with Crippen LogP contribution < -0.4 is 0 Å². The highest BCUT2D eigenvalue weighted by Crippen LogP contribution is 2.20. The third kappa shape index (κ3) is 2.50. The van der Waals surface area contributed by atoms with E-state index in [1.165, 1.54) is 12.3 Å². The molecule has 0 aliphatic carbocycles. The quantitative estimate of drug-likeness (QED) is 0.733. The van der Waals surface area contributed by atoms with Crippen LogP contribution in [0.2, 0.25) is 0 Å². The molecular weight excluding hydrogens is 194 g/mol. The minimum Gasteiger partial charge on any atom is -0.389 e. The second kappa shape index (κ2) is 5.06. The fraction of sp³-hybridized carbons (Fsp3) is 0.300. The Bertz CT molecular complexity index is 419. The summed E-state index contributed by atoms with van der Waals surface area (Å²) >= 11 is 0. The number of nitriles is 2. The van der Waals surface area contributed by atoms with Crippen LogP contribution in [-0.2, 0) is 0 Å². The molecule has 0 saturated carbocycles. The molecule has 0 aliphatic heterocycles. The first kappa shape index (κ1) is 11.1. The van der Waals surface area contributed by atoms with Crippen LogP contribution in [0.3, 0.4) is 0 Å². The number of aliphatic hydroxyl groups is 2. The van der Waals surface area contributed by atoms with Gasteiger partial charge in [-0.15, -0.1) is 0 Å². The van der Waals surface area contributed by atoms with Gasteiger partial charge in [0.25, 0.3) is 0 Å². The lowest BCUT2D eigenvalue weighted by Gasteiger charge is -2.15. The molecule has 0 aromatic carbocycles. The van der Waals surface area contributed by atoms with Crippen molar-refractivity contribution in [3.8, 4) is 12.1 Å². The maximum atomic E-state index is 9.64. The minimum atomic E-state index is -1.26. The monoisotopic (exact) mass is 203 g/mol. The van der Waals surface area contributed by atoms with E-state index < -0.39 is 12.2 Å². The Morgan fingerprint density at radius 1 is 1.40 bits per heavy atom. The van der Waals surface area contributed by atoms with Crippen molar-refractivity contribution in [2.24, 2.45) is 0 Å². The van der Waals surface area contributed by atoms with Gasteiger partial charge in [-0.2, -0.15) is 10.5 Å². The third-order valence-corrected chi connectivity index (χ3v) is 1.93. The van der Waals surface area contributed by atoms with Crippen LogP contribution in [0.15, 0.2) is 18.3 Å². The topological polar surface area (TPSA) is 101 Å². The van der Waals surface area contributed by atoms with Crippen LogP contribution in [-0.4, -0.2) is 21.3 Å². The van der Waals surface area contributed by atoms with E-state index in [1.807, 2.05) is 6.07 Å². The van der Waals surface area contributed by atoms with Crippen molar-refractivity contribution < 1.29 is 10.2 Å². The Morgan fingerprint density at radius 3 is 2.73 bits per heavy atom. The predicted molar refractivity (Wildman–Crippen MR) is 50.1 cm³/mol. The molecule has 0 radical (unpaired) electrons. The SMILES string of the molecule is N#CCC(O)C(O)c1cccnc1C#N. The van der Waals surface area contributed by atoms with Crippen molar-refractivity contribution in [2.45, 2.75) is 18.6 Å². The summed E-state index contributed by atoms with van der Waals surface area (Å²) in [6.07, 6.45) is -1.23. The van der Waals surface area contributed by atoms with Crippen LogP contribution in [0.25, 0.3) is 0 Å². The molecule has 0 bridgehead atoms. The Kier molecular flexibility index (Phi) is 3.75. The van der Waals surface area contributed by atoms with E-state index in [0.29, 0.717) is 0 Å². The fourth-order valence-corrected chi connectivity index (χ4v) is 1.16. The lowest BCUT2D eigenvalue weighted by molar-refractivity contribution is 0.0212. The molecule has 5 heteroatoms. The van der Waals surface area contributed by atoms with Gasteiger partial charge >= 0.3 is 0 Å². The molecule has 1 aromatic rings. The number of hydrogen-bond acceptors (Lipinski definition) is 5. The molecule has 15 heavy (non-hydrogen) atoms. The molecule has 0 spiro atoms. The fourth-order valence-electron chi connectivity index (χ4n) is 1.16. The number of aromatic nitrogens is 1. The molecule has 2 atom stereocenters. The Labute approximate surface area is 86.8 Å². The highest BCUT2D eigenvalue weighted by atomic mass is 16.3. The second-order valence-electron chi connectivity index (χ2n) is 2.93. The summed E-state index contributed by atoms with van der Waals surface area (Å²) in [6.45, 7) is 0. The van der Waals surface area contributed by atoms with Crippen LogP contribution in [0.5, 0.6) is 0 Å². The molecule has 2 unspecified atom stereocenters. The second-order valence-corrected chi connectivity index (χ2v) is 2.93. The lowest BCUT2D eigenvalue weighted by atomic mass is 10.0. The van der Waals surface area contributed by atoms with E-state index in [9.17, 15) is 10.2 Å². The molecule has 1 heterocycles. The summed E-state index contributed by atoms with van der Waals surface area (Å²) in [7, 11) is 0. The Morgan fingerprint density at radius 2 is 2.13 bits per heavy atom. The standard InChI is InChI=1S/C10H9N3O2/c11-4-3-9(14)10(15)7-2-1-5-13-8(7)6-12/h1-2,5,9-10,14-15H,3H2. The third-order valence-electron chi connectivity index (χ3n) is 1.93. The molecule has 0 fully saturated rings. The van der Waals surface area contributed by atoms with Crippen LogP contribution >= 0.6 is 0 Å². The number of rotatable bonds is 3. The highest BCUT2D eigenvalue weighted by Gasteiger charge is 2.21. The van der Waals surface area contributed by atoms with Crippen molar-refractivity contribution in [3.63, 3.8) is 0 Å². The van der Waals surface area contributed by atoms with E-state index in [0.717, 1.165) is 0 Å². The van der Waals surface area contributed by atoms with Crippen LogP contribution in [0, 0.1) is 22.7 Å². The van der Waals surface area contributed by atoms with E-state index in [2.05, 4.69) is 4.98 Å². The van der Waals surface area contributed by atoms with E-state index in [4.69, 9.17) is 10.5 Å². The first-order chi connectivity index (χ1) is 7.20. The summed E-state index contributed by atoms with van der Waals surface area (Å²) in [6, 6.07) is 6.60. The van der Waals surface area contributed by atoms with Gasteiger partial charge in [0, 0.05) is 11.8 Å². The summed E-state index contributed by atoms with van der Waals surface area (Å²) in [4.78, 5) is 3.75. The average Bonchev–Trinajstić information content (AvgIpc) is 2.28. The smallest absolute Gasteiger partial charge is 0.146 e. The summed E-state index contributed by atoms with van der Waals surface area (Å²) in [5.74, 6) is 0. The van der Waals surface area contributed by atoms with Crippen molar-refractivity contribution in [1.29, 1.82) is 10.5 Å². The van der Waals surface area contributed by atoms with Gasteiger partial charge in [-0.25, -0.2) is 4.98 Å². The van der Waals surface area contributed by atoms with Gasteiger partial charge < -0.3 is 10.2 Å². The summed E-state index contributed by atoms with van der Waals surface area (Å²) < 4.78 is 0. The van der Waals surface area contributed by atoms with E-state index in [-0.39, 0.29) is 17.7 Å². The van der Waals surface area contributed by atoms with Gasteiger partial charge in [-0.3, -0.25) is 0 Å². The van der Waals surface area contributed by atoms with Gasteiger partial charge in [0.05, 0.1) is 18.6 Å². The molecule has 1 aromatic heterocycles. The largest absolute Gasteiger partial charge is 0.389 e. The molecule has 0 amide bonds. The minimum absolute atomic E-state index is 0.0574. The van der Waals surface area contributed by atoms with Gasteiger partial charge in [0.1, 0.15) is 17.9 Å². The molecular formula is C10H9N3O2. The molecule has 0 saturated heterocycles. The van der Waals surface area contributed by atoms with Crippen molar-refractivity contribution in [3.05, 3.63) is 29.6 Å². The maximum absolute atomic E-state index is 9.64. The maximum Gasteiger partial charge on any atom is 0.146 e. The zero-order chi connectivity index (χ0) is 11.3. The zero-order valence-corrected chi connectivity index (χ0v) is 7.83. The van der Waals surface area contributed by atoms with Crippen molar-refractivity contribution >= 4 is 0 Å². The predicted octanol–water partition coefficient (Wildman–Crippen LogP) is 0.261. The summed E-state index contributed by atoms with van der Waals surface area (Å²) in [5.41, 5.74) is 0.296. The first-order valence-corrected chi connectivity index (χ1v) is 4.28. The molecule has 76 valence electrons. The van der Waals surface area contributed by atoms with E-state index in [1.54, 1.807) is 12.1 Å². The van der Waals surface area contributed by atoms with Crippen molar-refractivity contribution in [2.75, 3.05) is 0 Å². The Hall–Kier alpha value is -1.95. The molecule has 2 N–H and O–H groups in total. The number of pyridine rings is 1. The van der Waals surface area contributed by atoms with Crippen LogP contribution in [0.1, 0.15) is 23.8 Å². The molecule has 1 rings (SSSR count). The molecule has 5 nitrogen and oxygen atoms in total. The zero-order valence-electron chi connectivity index (χ0n) is 7.83. The van der Waals surface area contributed by atoms with Gasteiger partial charge in [0.2, 0.25) is 0 Å². The van der Waals surface area contributed by atoms with Crippen LogP contribution in [0.4, 0.5) is 0 Å². The van der Waals surface area contributed by atoms with E-state index >= 15 is 0 Å². The Balaban J connectivity index is 2.97. The molecule has 0 aliphatic rings. The van der Waals surface area contributed by atoms with Gasteiger partial charge in [-0.05, 0) is 6.07 Å². The number of nitrogens with zero attached hydrogens (tertiary/aromatic N) is 3. The first-order valence-electron chi connectivity index (χ1n) is 4.28. The lowest BCUT2D eigenvalue weighted by Crippen LogP contribution is -2.18. The van der Waals surface area contributed by atoms with Crippen molar-refractivity contribution in [1.82, 2.24) is 4.98 Å².